The Morgan fingerprint density at radius 3 is 2.70 bits per heavy atom. The second-order valence-corrected chi connectivity index (χ2v) is 4.02. The molecule has 0 aliphatic heterocycles. The lowest BCUT2D eigenvalue weighted by atomic mass is 10.1. The Kier molecular flexibility index (Phi) is 3.52. The lowest BCUT2D eigenvalue weighted by molar-refractivity contribution is -0.137. The van der Waals surface area contributed by atoms with E-state index in [-0.39, 0.29) is 22.2 Å². The fourth-order valence-corrected chi connectivity index (χ4v) is 1.80. The summed E-state index contributed by atoms with van der Waals surface area (Å²) in [7, 11) is 0. The van der Waals surface area contributed by atoms with Crippen molar-refractivity contribution in [3.05, 3.63) is 46.4 Å². The van der Waals surface area contributed by atoms with Gasteiger partial charge in [-0.25, -0.2) is 5.10 Å². The van der Waals surface area contributed by atoms with E-state index in [0.29, 0.717) is 6.61 Å². The Balaban J connectivity index is 2.73. The van der Waals surface area contributed by atoms with E-state index in [9.17, 15) is 18.0 Å². The van der Waals surface area contributed by atoms with Crippen molar-refractivity contribution in [2.45, 2.75) is 13.1 Å². The number of ether oxygens (including phenoxy) is 1. The zero-order valence-electron chi connectivity index (χ0n) is 10.5. The van der Waals surface area contributed by atoms with Crippen LogP contribution < -0.4 is 5.56 Å². The van der Waals surface area contributed by atoms with Gasteiger partial charge in [0.25, 0.3) is 5.56 Å². The lowest BCUT2D eigenvalue weighted by Gasteiger charge is -2.11. The first-order valence-electron chi connectivity index (χ1n) is 5.76. The van der Waals surface area contributed by atoms with Crippen LogP contribution in [0.2, 0.25) is 0 Å². The molecule has 0 spiro atoms. The number of alkyl halides is 3. The molecule has 1 aromatic heterocycles. The molecule has 20 heavy (non-hydrogen) atoms. The molecular weight excluding hydrogens is 273 g/mol. The first kappa shape index (κ1) is 14.1. The van der Waals surface area contributed by atoms with Gasteiger partial charge in [0.2, 0.25) is 0 Å². The van der Waals surface area contributed by atoms with Crippen LogP contribution in [0.3, 0.4) is 0 Å². The topological polar surface area (TPSA) is 55.0 Å². The number of aromatic amines is 1. The highest BCUT2D eigenvalue weighted by atomic mass is 19.4. The van der Waals surface area contributed by atoms with Gasteiger partial charge in [-0.15, -0.1) is 0 Å². The third kappa shape index (κ3) is 2.52. The maximum absolute atomic E-state index is 12.7. The van der Waals surface area contributed by atoms with Crippen LogP contribution in [0.1, 0.15) is 18.2 Å². The number of nitrogens with one attached hydrogen (secondary N) is 1. The maximum Gasteiger partial charge on any atom is 0.416 e. The first-order valence-corrected chi connectivity index (χ1v) is 5.76. The van der Waals surface area contributed by atoms with Crippen molar-refractivity contribution in [1.82, 2.24) is 10.2 Å². The summed E-state index contributed by atoms with van der Waals surface area (Å²) in [4.78, 5) is 11.6. The zero-order chi connectivity index (χ0) is 14.9. The molecular formula is C13H11F3N2O2. The van der Waals surface area contributed by atoms with Gasteiger partial charge in [-0.3, -0.25) is 4.79 Å². The highest BCUT2D eigenvalue weighted by molar-refractivity contribution is 5.90. The summed E-state index contributed by atoms with van der Waals surface area (Å²) in [6.07, 6.45) is -4.50. The molecule has 7 heteroatoms. The van der Waals surface area contributed by atoms with Crippen LogP contribution >= 0.6 is 0 Å². The Hall–Kier alpha value is -2.31. The highest BCUT2D eigenvalue weighted by Crippen LogP contribution is 2.32. The number of halogens is 3. The molecule has 0 saturated carbocycles. The van der Waals surface area contributed by atoms with Crippen LogP contribution in [0.5, 0.6) is 0 Å². The van der Waals surface area contributed by atoms with Crippen molar-refractivity contribution in [2.75, 3.05) is 6.61 Å². The molecule has 0 bridgehead atoms. The quantitative estimate of drug-likeness (QED) is 0.882. The lowest BCUT2D eigenvalue weighted by Crippen LogP contribution is -2.13. The van der Waals surface area contributed by atoms with Crippen LogP contribution in [0.15, 0.2) is 29.6 Å². The largest absolute Gasteiger partial charge is 0.492 e. The Morgan fingerprint density at radius 2 is 2.10 bits per heavy atom. The zero-order valence-corrected chi connectivity index (χ0v) is 10.5. The van der Waals surface area contributed by atoms with Crippen LogP contribution in [-0.2, 0) is 10.9 Å². The number of aromatic nitrogens is 2. The molecule has 1 heterocycles. The van der Waals surface area contributed by atoms with E-state index >= 15 is 0 Å². The highest BCUT2D eigenvalue weighted by Gasteiger charge is 2.31. The minimum atomic E-state index is -4.50. The van der Waals surface area contributed by atoms with E-state index in [4.69, 9.17) is 4.74 Å². The number of rotatable bonds is 3. The molecule has 106 valence electrons. The van der Waals surface area contributed by atoms with E-state index in [2.05, 4.69) is 16.8 Å². The minimum absolute atomic E-state index is 0.0574. The van der Waals surface area contributed by atoms with Gasteiger partial charge in [0.05, 0.1) is 17.6 Å². The van der Waals surface area contributed by atoms with Crippen LogP contribution in [-0.4, -0.2) is 16.8 Å². The van der Waals surface area contributed by atoms with Gasteiger partial charge in [0.1, 0.15) is 11.5 Å². The van der Waals surface area contributed by atoms with Gasteiger partial charge in [0, 0.05) is 5.39 Å². The van der Waals surface area contributed by atoms with E-state index < -0.39 is 17.3 Å². The van der Waals surface area contributed by atoms with Gasteiger partial charge >= 0.3 is 6.18 Å². The molecule has 0 fully saturated rings. The van der Waals surface area contributed by atoms with Crippen LogP contribution in [0, 0.1) is 0 Å². The van der Waals surface area contributed by atoms with E-state index in [1.165, 1.54) is 0 Å². The standard InChI is InChI=1S/C13H11F3N2O2/c1-3-20-7(2)11-10-6-8(13(14,15)16)4-5-9(10)12(19)18-17-11/h4-6H,2-3H2,1H3,(H,18,19). The van der Waals surface area contributed by atoms with E-state index in [1.807, 2.05) is 0 Å². The second-order valence-electron chi connectivity index (χ2n) is 4.02. The van der Waals surface area contributed by atoms with Crippen molar-refractivity contribution in [1.29, 1.82) is 0 Å². The maximum atomic E-state index is 12.7. The molecule has 0 saturated heterocycles. The fraction of sp³-hybridized carbons (Fsp3) is 0.231. The van der Waals surface area contributed by atoms with E-state index in [0.717, 1.165) is 18.2 Å². The van der Waals surface area contributed by atoms with Gasteiger partial charge in [0.15, 0.2) is 0 Å². The fourth-order valence-electron chi connectivity index (χ4n) is 1.80. The van der Waals surface area contributed by atoms with Crippen molar-refractivity contribution < 1.29 is 17.9 Å². The molecule has 0 aliphatic carbocycles. The van der Waals surface area contributed by atoms with Crippen molar-refractivity contribution in [2.24, 2.45) is 0 Å². The monoisotopic (exact) mass is 284 g/mol. The predicted octanol–water partition coefficient (Wildman–Crippen LogP) is 2.95. The number of hydrogen-bond donors (Lipinski definition) is 1. The third-order valence-corrected chi connectivity index (χ3v) is 2.70. The number of H-pyrrole nitrogens is 1. The number of nitrogens with zero attached hydrogens (tertiary/aromatic N) is 1. The Bertz CT molecular complexity index is 720. The van der Waals surface area contributed by atoms with Gasteiger partial charge in [-0.05, 0) is 25.1 Å². The molecule has 2 aromatic rings. The normalized spacial score (nSPS) is 11.6. The van der Waals surface area contributed by atoms with Crippen molar-refractivity contribution in [3.8, 4) is 0 Å². The Labute approximate surface area is 111 Å². The van der Waals surface area contributed by atoms with Gasteiger partial charge < -0.3 is 4.74 Å². The van der Waals surface area contributed by atoms with Crippen molar-refractivity contribution in [3.63, 3.8) is 0 Å². The molecule has 4 nitrogen and oxygen atoms in total. The van der Waals surface area contributed by atoms with Crippen LogP contribution in [0.4, 0.5) is 13.2 Å². The number of hydrogen-bond acceptors (Lipinski definition) is 3. The van der Waals surface area contributed by atoms with Gasteiger partial charge in [-0.2, -0.15) is 18.3 Å². The summed E-state index contributed by atoms with van der Waals surface area (Å²) in [5, 5.41) is 6.09. The first-order chi connectivity index (χ1) is 9.34. The summed E-state index contributed by atoms with van der Waals surface area (Å²) < 4.78 is 43.4. The van der Waals surface area contributed by atoms with Crippen LogP contribution in [0.25, 0.3) is 16.5 Å². The van der Waals surface area contributed by atoms with E-state index in [1.54, 1.807) is 6.92 Å². The molecule has 0 atom stereocenters. The third-order valence-electron chi connectivity index (χ3n) is 2.70. The number of fused-ring (bicyclic) bond motifs is 1. The molecule has 1 aromatic carbocycles. The average molecular weight is 284 g/mol. The summed E-state index contributed by atoms with van der Waals surface area (Å²) >= 11 is 0. The smallest absolute Gasteiger partial charge is 0.416 e. The summed E-state index contributed by atoms with van der Waals surface area (Å²) in [6.45, 7) is 5.60. The molecule has 0 radical (unpaired) electrons. The molecule has 0 aliphatic rings. The summed E-state index contributed by atoms with van der Waals surface area (Å²) in [6, 6.07) is 2.84. The summed E-state index contributed by atoms with van der Waals surface area (Å²) in [5.41, 5.74) is -1.34. The van der Waals surface area contributed by atoms with Gasteiger partial charge in [-0.1, -0.05) is 6.58 Å². The Morgan fingerprint density at radius 1 is 1.40 bits per heavy atom. The number of benzene rings is 1. The molecule has 1 N–H and O–H groups in total. The minimum Gasteiger partial charge on any atom is -0.492 e. The molecule has 2 rings (SSSR count). The molecule has 0 amide bonds. The molecule has 0 unspecified atom stereocenters. The van der Waals surface area contributed by atoms with Crippen molar-refractivity contribution >= 4 is 16.5 Å². The SMILES string of the molecule is C=C(OCC)c1n[nH]c(=O)c2ccc(C(F)(F)F)cc12. The summed E-state index contributed by atoms with van der Waals surface area (Å²) in [5.74, 6) is 0.105. The second kappa shape index (κ2) is 4.99. The average Bonchev–Trinajstić information content (AvgIpc) is 2.38. The predicted molar refractivity (Wildman–Crippen MR) is 68.0 cm³/mol.